The number of carbonyl (C=O) groups is 1. The largest absolute Gasteiger partial charge is 0.459 e. The minimum atomic E-state index is -0.723. The molecule has 0 N–H and O–H groups in total. The summed E-state index contributed by atoms with van der Waals surface area (Å²) >= 11 is 5.68. The van der Waals surface area contributed by atoms with Crippen molar-refractivity contribution in [3.05, 3.63) is 69.9 Å². The van der Waals surface area contributed by atoms with Crippen LogP contribution >= 0.6 is 11.6 Å². The molecule has 2 heterocycles. The van der Waals surface area contributed by atoms with Gasteiger partial charge < -0.3 is 9.15 Å². The van der Waals surface area contributed by atoms with Crippen molar-refractivity contribution in [3.63, 3.8) is 0 Å². The molecule has 0 radical (unpaired) electrons. The number of rotatable bonds is 5. The predicted octanol–water partition coefficient (Wildman–Crippen LogP) is 2.30. The van der Waals surface area contributed by atoms with E-state index in [-0.39, 0.29) is 19.0 Å². The van der Waals surface area contributed by atoms with E-state index in [2.05, 4.69) is 10.1 Å². The van der Waals surface area contributed by atoms with Crippen LogP contribution in [0.1, 0.15) is 5.56 Å². The van der Waals surface area contributed by atoms with E-state index in [1.807, 2.05) is 6.07 Å². The molecule has 122 valence electrons. The summed E-state index contributed by atoms with van der Waals surface area (Å²) in [5.74, 6) is -1.19. The standard InChI is InChI=1S/C16H12ClN3O4/c17-13-7-6-11(8-18-13)10-23-14(21)9-20-16(22)24-15(19-20)12-4-2-1-3-5-12/h1-8H,9-10H2. The normalized spacial score (nSPS) is 10.5. The number of aromatic nitrogens is 3. The summed E-state index contributed by atoms with van der Waals surface area (Å²) in [6.07, 6.45) is 1.51. The third kappa shape index (κ3) is 3.88. The average Bonchev–Trinajstić information content (AvgIpc) is 2.96. The van der Waals surface area contributed by atoms with Crippen LogP contribution in [-0.4, -0.2) is 20.7 Å². The Morgan fingerprint density at radius 3 is 2.71 bits per heavy atom. The molecule has 0 unspecified atom stereocenters. The Bertz CT molecular complexity index is 888. The van der Waals surface area contributed by atoms with E-state index in [1.54, 1.807) is 36.4 Å². The van der Waals surface area contributed by atoms with Crippen LogP contribution in [0.3, 0.4) is 0 Å². The molecular weight excluding hydrogens is 334 g/mol. The molecule has 0 spiro atoms. The van der Waals surface area contributed by atoms with Gasteiger partial charge in [0, 0.05) is 17.3 Å². The SMILES string of the molecule is O=C(Cn1nc(-c2ccccc2)oc1=O)OCc1ccc(Cl)nc1. The molecule has 1 aromatic carbocycles. The van der Waals surface area contributed by atoms with Crippen molar-refractivity contribution in [3.8, 4) is 11.5 Å². The lowest BCUT2D eigenvalue weighted by Gasteiger charge is -2.03. The van der Waals surface area contributed by atoms with Gasteiger partial charge in [-0.2, -0.15) is 4.68 Å². The highest BCUT2D eigenvalue weighted by atomic mass is 35.5. The number of hydrogen-bond donors (Lipinski definition) is 0. The molecule has 0 saturated carbocycles. The number of esters is 1. The summed E-state index contributed by atoms with van der Waals surface area (Å²) in [6, 6.07) is 12.2. The topological polar surface area (TPSA) is 87.2 Å². The fourth-order valence-electron chi connectivity index (χ4n) is 1.93. The van der Waals surface area contributed by atoms with Gasteiger partial charge >= 0.3 is 11.7 Å². The summed E-state index contributed by atoms with van der Waals surface area (Å²) in [7, 11) is 0. The van der Waals surface area contributed by atoms with Crippen LogP contribution in [0.2, 0.25) is 5.15 Å². The van der Waals surface area contributed by atoms with Gasteiger partial charge in [0.15, 0.2) is 0 Å². The number of ether oxygens (including phenoxy) is 1. The molecule has 0 bridgehead atoms. The number of halogens is 1. The number of benzene rings is 1. The molecule has 24 heavy (non-hydrogen) atoms. The molecule has 0 fully saturated rings. The van der Waals surface area contributed by atoms with Gasteiger partial charge in [-0.1, -0.05) is 35.9 Å². The van der Waals surface area contributed by atoms with Crippen molar-refractivity contribution in [1.29, 1.82) is 0 Å². The van der Waals surface area contributed by atoms with Crippen LogP contribution in [-0.2, 0) is 22.7 Å². The third-order valence-electron chi connectivity index (χ3n) is 3.09. The van der Waals surface area contributed by atoms with Crippen molar-refractivity contribution in [1.82, 2.24) is 14.8 Å². The Morgan fingerprint density at radius 2 is 2.00 bits per heavy atom. The van der Waals surface area contributed by atoms with Crippen LogP contribution in [0, 0.1) is 0 Å². The van der Waals surface area contributed by atoms with E-state index in [4.69, 9.17) is 20.8 Å². The lowest BCUT2D eigenvalue weighted by atomic mass is 10.2. The van der Waals surface area contributed by atoms with Crippen molar-refractivity contribution < 1.29 is 13.9 Å². The molecule has 0 atom stereocenters. The summed E-state index contributed by atoms with van der Waals surface area (Å²) in [5.41, 5.74) is 1.33. The van der Waals surface area contributed by atoms with Gasteiger partial charge in [-0.05, 0) is 18.2 Å². The van der Waals surface area contributed by atoms with Crippen molar-refractivity contribution in [2.45, 2.75) is 13.2 Å². The van der Waals surface area contributed by atoms with Gasteiger partial charge in [-0.3, -0.25) is 4.79 Å². The zero-order valence-corrected chi connectivity index (χ0v) is 13.1. The zero-order valence-electron chi connectivity index (χ0n) is 12.4. The van der Waals surface area contributed by atoms with Crippen molar-refractivity contribution >= 4 is 17.6 Å². The molecule has 0 aliphatic rings. The summed E-state index contributed by atoms with van der Waals surface area (Å²) in [5, 5.41) is 4.35. The molecule has 2 aromatic heterocycles. The first-order chi connectivity index (χ1) is 11.6. The van der Waals surface area contributed by atoms with Gasteiger partial charge in [-0.25, -0.2) is 9.78 Å². The highest BCUT2D eigenvalue weighted by Crippen LogP contribution is 2.14. The van der Waals surface area contributed by atoms with Crippen LogP contribution in [0.5, 0.6) is 0 Å². The Morgan fingerprint density at radius 1 is 1.21 bits per heavy atom. The molecule has 0 aliphatic carbocycles. The average molecular weight is 346 g/mol. The minimum absolute atomic E-state index is 0.0289. The van der Waals surface area contributed by atoms with E-state index in [0.717, 1.165) is 4.68 Å². The molecule has 0 amide bonds. The van der Waals surface area contributed by atoms with Gasteiger partial charge in [-0.15, -0.1) is 5.10 Å². The van der Waals surface area contributed by atoms with Gasteiger partial charge in [0.05, 0.1) is 0 Å². The van der Waals surface area contributed by atoms with Gasteiger partial charge in [0.25, 0.3) is 0 Å². The Hall–Kier alpha value is -2.93. The smallest absolute Gasteiger partial charge is 0.437 e. The Balaban J connectivity index is 1.63. The second-order valence-corrected chi connectivity index (χ2v) is 5.23. The fraction of sp³-hybridized carbons (Fsp3) is 0.125. The van der Waals surface area contributed by atoms with E-state index in [1.165, 1.54) is 6.20 Å². The van der Waals surface area contributed by atoms with Crippen molar-refractivity contribution in [2.24, 2.45) is 0 Å². The first kappa shape index (κ1) is 15.9. The molecule has 7 nitrogen and oxygen atoms in total. The highest BCUT2D eigenvalue weighted by Gasteiger charge is 2.14. The van der Waals surface area contributed by atoms with Gasteiger partial charge in [0.1, 0.15) is 18.3 Å². The van der Waals surface area contributed by atoms with Crippen LogP contribution in [0.15, 0.2) is 57.9 Å². The van der Waals surface area contributed by atoms with E-state index < -0.39 is 11.7 Å². The van der Waals surface area contributed by atoms with E-state index >= 15 is 0 Å². The second kappa shape index (κ2) is 7.10. The maximum Gasteiger partial charge on any atom is 0.437 e. The molecule has 0 saturated heterocycles. The van der Waals surface area contributed by atoms with Crippen LogP contribution in [0.25, 0.3) is 11.5 Å². The molecule has 3 rings (SSSR count). The molecular formula is C16H12ClN3O4. The second-order valence-electron chi connectivity index (χ2n) is 4.85. The Labute approximate surface area is 141 Å². The Kier molecular flexibility index (Phi) is 4.72. The monoisotopic (exact) mass is 345 g/mol. The van der Waals surface area contributed by atoms with Gasteiger partial charge in [0.2, 0.25) is 5.89 Å². The summed E-state index contributed by atoms with van der Waals surface area (Å²) in [6.45, 7) is -0.308. The first-order valence-corrected chi connectivity index (χ1v) is 7.39. The maximum atomic E-state index is 11.8. The fourth-order valence-corrected chi connectivity index (χ4v) is 2.04. The lowest BCUT2D eigenvalue weighted by Crippen LogP contribution is -2.22. The first-order valence-electron chi connectivity index (χ1n) is 7.01. The zero-order chi connectivity index (χ0) is 16.9. The van der Waals surface area contributed by atoms with Crippen molar-refractivity contribution in [2.75, 3.05) is 0 Å². The number of carbonyl (C=O) groups excluding carboxylic acids is 1. The highest BCUT2D eigenvalue weighted by molar-refractivity contribution is 6.29. The predicted molar refractivity (Wildman–Crippen MR) is 85.2 cm³/mol. The van der Waals surface area contributed by atoms with Crippen LogP contribution in [0.4, 0.5) is 0 Å². The third-order valence-corrected chi connectivity index (χ3v) is 3.32. The summed E-state index contributed by atoms with van der Waals surface area (Å²) < 4.78 is 11.0. The molecule has 3 aromatic rings. The quantitative estimate of drug-likeness (QED) is 0.521. The van der Waals surface area contributed by atoms with Crippen LogP contribution < -0.4 is 5.76 Å². The molecule has 8 heteroatoms. The van der Waals surface area contributed by atoms with E-state index in [0.29, 0.717) is 16.3 Å². The molecule has 0 aliphatic heterocycles. The number of hydrogen-bond acceptors (Lipinski definition) is 6. The minimum Gasteiger partial charge on any atom is -0.459 e. The number of pyridine rings is 1. The maximum absolute atomic E-state index is 11.8. The summed E-state index contributed by atoms with van der Waals surface area (Å²) in [4.78, 5) is 27.5. The van der Waals surface area contributed by atoms with E-state index in [9.17, 15) is 9.59 Å². The lowest BCUT2D eigenvalue weighted by molar-refractivity contribution is -0.146. The number of nitrogens with zero attached hydrogens (tertiary/aromatic N) is 3.